The molecule has 1 aliphatic rings. The van der Waals surface area contributed by atoms with Crippen molar-refractivity contribution in [1.82, 2.24) is 15.1 Å². The van der Waals surface area contributed by atoms with Crippen LogP contribution in [-0.4, -0.2) is 52.1 Å². The van der Waals surface area contributed by atoms with E-state index in [0.717, 1.165) is 10.1 Å². The number of nitrogens with zero attached hydrogens (tertiary/aromatic N) is 5. The average Bonchev–Trinajstić information content (AvgIpc) is 3.01. The molecule has 0 saturated carbocycles. The number of aromatic nitrogens is 2. The second-order valence-corrected chi connectivity index (χ2v) is 6.90. The Morgan fingerprint density at radius 1 is 1.29 bits per heavy atom. The van der Waals surface area contributed by atoms with Gasteiger partial charge < -0.3 is 9.80 Å². The van der Waals surface area contributed by atoms with Gasteiger partial charge in [-0.1, -0.05) is 22.9 Å². The molecule has 0 radical (unpaired) electrons. The number of benzene rings is 1. The van der Waals surface area contributed by atoms with Gasteiger partial charge in [0.15, 0.2) is 0 Å². The topological polar surface area (TPSA) is 92.5 Å². The number of amides is 1. The zero-order chi connectivity index (χ0) is 17.3. The summed E-state index contributed by atoms with van der Waals surface area (Å²) in [6.07, 6.45) is 0. The van der Waals surface area contributed by atoms with Gasteiger partial charge in [-0.2, -0.15) is 0 Å². The molecule has 2 aromatic rings. The lowest BCUT2D eigenvalue weighted by molar-refractivity contribution is -0.385. The number of rotatable bonds is 3. The molecule has 1 aromatic heterocycles. The van der Waals surface area contributed by atoms with Crippen LogP contribution in [0.2, 0.25) is 5.02 Å². The lowest BCUT2D eigenvalue weighted by Crippen LogP contribution is -2.48. The fraction of sp³-hybridized carbons (Fsp3) is 0.357. The molecule has 3 rings (SSSR count). The molecule has 0 unspecified atom stereocenters. The third-order valence-electron chi connectivity index (χ3n) is 3.74. The number of nitro groups is 1. The van der Waals surface area contributed by atoms with Crippen LogP contribution in [0.4, 0.5) is 10.8 Å². The van der Waals surface area contributed by atoms with E-state index in [0.29, 0.717) is 26.2 Å². The Labute approximate surface area is 146 Å². The Balaban J connectivity index is 1.73. The quantitative estimate of drug-likeness (QED) is 0.610. The van der Waals surface area contributed by atoms with Crippen molar-refractivity contribution in [3.8, 4) is 0 Å². The Kier molecular flexibility index (Phi) is 4.63. The fourth-order valence-corrected chi connectivity index (χ4v) is 3.43. The van der Waals surface area contributed by atoms with Gasteiger partial charge in [0.2, 0.25) is 5.13 Å². The van der Waals surface area contributed by atoms with E-state index in [1.54, 1.807) is 4.90 Å². The zero-order valence-electron chi connectivity index (χ0n) is 12.8. The summed E-state index contributed by atoms with van der Waals surface area (Å²) in [7, 11) is 0. The standard InChI is InChI=1S/C14H14ClN5O3S/c1-9-16-17-14(24-9)19-6-4-18(5-7-19)13(21)11-3-2-10(15)8-12(11)20(22)23/h2-3,8H,4-7H2,1H3. The summed E-state index contributed by atoms with van der Waals surface area (Å²) in [6.45, 7) is 4.05. The van der Waals surface area contributed by atoms with Crippen molar-refractivity contribution in [2.24, 2.45) is 0 Å². The number of carbonyl (C=O) groups excluding carboxylic acids is 1. The Morgan fingerprint density at radius 2 is 2.00 bits per heavy atom. The van der Waals surface area contributed by atoms with Crippen molar-refractivity contribution < 1.29 is 9.72 Å². The molecule has 0 spiro atoms. The number of hydrogen-bond acceptors (Lipinski definition) is 7. The van der Waals surface area contributed by atoms with Gasteiger partial charge in [0.1, 0.15) is 10.6 Å². The van der Waals surface area contributed by atoms with Crippen molar-refractivity contribution in [1.29, 1.82) is 0 Å². The number of anilines is 1. The van der Waals surface area contributed by atoms with Crippen LogP contribution in [0.15, 0.2) is 18.2 Å². The summed E-state index contributed by atoms with van der Waals surface area (Å²) in [5.41, 5.74) is -0.209. The van der Waals surface area contributed by atoms with E-state index in [4.69, 9.17) is 11.6 Å². The highest BCUT2D eigenvalue weighted by atomic mass is 35.5. The molecule has 1 amide bonds. The maximum atomic E-state index is 12.6. The van der Waals surface area contributed by atoms with Crippen LogP contribution in [0.3, 0.4) is 0 Å². The molecule has 0 N–H and O–H groups in total. The number of piperazine rings is 1. The van der Waals surface area contributed by atoms with Crippen LogP contribution in [0.1, 0.15) is 15.4 Å². The molecule has 1 aromatic carbocycles. The van der Waals surface area contributed by atoms with Crippen LogP contribution in [0, 0.1) is 17.0 Å². The van der Waals surface area contributed by atoms with E-state index >= 15 is 0 Å². The molecule has 1 aliphatic heterocycles. The molecule has 1 saturated heterocycles. The largest absolute Gasteiger partial charge is 0.343 e. The molecule has 8 nitrogen and oxygen atoms in total. The maximum absolute atomic E-state index is 12.6. The van der Waals surface area contributed by atoms with Crippen LogP contribution in [0.5, 0.6) is 0 Å². The highest BCUT2D eigenvalue weighted by Crippen LogP contribution is 2.26. The van der Waals surface area contributed by atoms with Crippen LogP contribution in [0.25, 0.3) is 0 Å². The van der Waals surface area contributed by atoms with Gasteiger partial charge in [0.25, 0.3) is 11.6 Å². The van der Waals surface area contributed by atoms with Crippen LogP contribution >= 0.6 is 22.9 Å². The summed E-state index contributed by atoms with van der Waals surface area (Å²) in [4.78, 5) is 26.9. The number of hydrogen-bond donors (Lipinski definition) is 0. The van der Waals surface area contributed by atoms with E-state index < -0.39 is 4.92 Å². The van der Waals surface area contributed by atoms with Crippen LogP contribution in [-0.2, 0) is 0 Å². The third kappa shape index (κ3) is 3.31. The van der Waals surface area contributed by atoms with Crippen molar-refractivity contribution in [2.75, 3.05) is 31.1 Å². The van der Waals surface area contributed by atoms with Crippen molar-refractivity contribution in [3.63, 3.8) is 0 Å². The van der Waals surface area contributed by atoms with Gasteiger partial charge in [0.05, 0.1) is 4.92 Å². The minimum atomic E-state index is -0.584. The molecule has 126 valence electrons. The number of halogens is 1. The predicted molar refractivity (Wildman–Crippen MR) is 90.9 cm³/mol. The molecule has 0 atom stereocenters. The Morgan fingerprint density at radius 3 is 2.58 bits per heavy atom. The predicted octanol–water partition coefficient (Wildman–Crippen LogP) is 2.37. The van der Waals surface area contributed by atoms with E-state index in [1.807, 2.05) is 6.92 Å². The molecule has 0 bridgehead atoms. The van der Waals surface area contributed by atoms with Gasteiger partial charge in [-0.25, -0.2) is 0 Å². The zero-order valence-corrected chi connectivity index (χ0v) is 14.4. The van der Waals surface area contributed by atoms with E-state index in [1.165, 1.54) is 29.5 Å². The normalized spacial score (nSPS) is 14.8. The first-order valence-corrected chi connectivity index (χ1v) is 8.43. The molecular formula is C14H14ClN5O3S. The molecule has 0 aliphatic carbocycles. The number of aryl methyl sites for hydroxylation is 1. The van der Waals surface area contributed by atoms with Gasteiger partial charge in [-0.15, -0.1) is 10.2 Å². The van der Waals surface area contributed by atoms with Gasteiger partial charge in [-0.3, -0.25) is 14.9 Å². The second-order valence-electron chi connectivity index (χ2n) is 5.30. The summed E-state index contributed by atoms with van der Waals surface area (Å²) in [6, 6.07) is 4.10. The fourth-order valence-electron chi connectivity index (χ4n) is 2.52. The summed E-state index contributed by atoms with van der Waals surface area (Å²) in [5.74, 6) is -0.355. The van der Waals surface area contributed by atoms with Crippen molar-refractivity contribution >= 4 is 39.7 Å². The highest BCUT2D eigenvalue weighted by molar-refractivity contribution is 7.15. The lowest BCUT2D eigenvalue weighted by Gasteiger charge is -2.34. The SMILES string of the molecule is Cc1nnc(N2CCN(C(=O)c3ccc(Cl)cc3[N+](=O)[O-])CC2)s1. The molecular weight excluding hydrogens is 354 g/mol. The van der Waals surface area contributed by atoms with E-state index in [2.05, 4.69) is 15.1 Å². The summed E-state index contributed by atoms with van der Waals surface area (Å²) < 4.78 is 0. The lowest BCUT2D eigenvalue weighted by atomic mass is 10.1. The van der Waals surface area contributed by atoms with Crippen molar-refractivity contribution in [3.05, 3.63) is 43.9 Å². The van der Waals surface area contributed by atoms with E-state index in [-0.39, 0.29) is 22.2 Å². The first-order valence-electron chi connectivity index (χ1n) is 7.24. The third-order valence-corrected chi connectivity index (χ3v) is 4.87. The molecule has 10 heteroatoms. The minimum absolute atomic E-state index is 0.0598. The van der Waals surface area contributed by atoms with Crippen LogP contribution < -0.4 is 4.90 Å². The summed E-state index contributed by atoms with van der Waals surface area (Å²) in [5, 5.41) is 21.2. The number of nitro benzene ring substituents is 1. The Hall–Kier alpha value is -2.26. The summed E-state index contributed by atoms with van der Waals surface area (Å²) >= 11 is 7.30. The van der Waals surface area contributed by atoms with Gasteiger partial charge in [0, 0.05) is 37.3 Å². The van der Waals surface area contributed by atoms with Gasteiger partial charge in [-0.05, 0) is 19.1 Å². The maximum Gasteiger partial charge on any atom is 0.283 e. The average molecular weight is 368 g/mol. The second kappa shape index (κ2) is 6.70. The number of carbonyl (C=O) groups is 1. The monoisotopic (exact) mass is 367 g/mol. The minimum Gasteiger partial charge on any atom is -0.343 e. The molecule has 2 heterocycles. The highest BCUT2D eigenvalue weighted by Gasteiger charge is 2.28. The molecule has 24 heavy (non-hydrogen) atoms. The first kappa shape index (κ1) is 16.6. The van der Waals surface area contributed by atoms with E-state index in [9.17, 15) is 14.9 Å². The Bertz CT molecular complexity index is 788. The smallest absolute Gasteiger partial charge is 0.283 e. The first-order chi connectivity index (χ1) is 11.5. The van der Waals surface area contributed by atoms with Gasteiger partial charge >= 0.3 is 0 Å². The molecule has 1 fully saturated rings. The van der Waals surface area contributed by atoms with Crippen molar-refractivity contribution in [2.45, 2.75) is 6.92 Å².